The molecule has 3 aromatic rings. The molecule has 0 amide bonds. The fourth-order valence-electron chi connectivity index (χ4n) is 2.41. The fraction of sp³-hybridized carbons (Fsp3) is 0.222. The maximum atomic E-state index is 5.42. The van der Waals surface area contributed by atoms with E-state index in [0.717, 1.165) is 34.5 Å². The molecule has 0 bridgehead atoms. The quantitative estimate of drug-likeness (QED) is 0.646. The molecule has 0 fully saturated rings. The van der Waals surface area contributed by atoms with Crippen molar-refractivity contribution in [1.82, 2.24) is 14.8 Å². The van der Waals surface area contributed by atoms with E-state index >= 15 is 0 Å². The van der Waals surface area contributed by atoms with Crippen LogP contribution < -0.4 is 4.74 Å². The standard InChI is InChI=1S/C18H19N3OS/c1-21-17(15-10-6-7-11-16(15)22-2)19-20-18(21)23-13-12-14-8-4-3-5-9-14/h3-11H,12-13H2,1-2H3. The van der Waals surface area contributed by atoms with Gasteiger partial charge in [0.15, 0.2) is 11.0 Å². The third-order valence-corrected chi connectivity index (χ3v) is 4.67. The van der Waals surface area contributed by atoms with Gasteiger partial charge >= 0.3 is 0 Å². The summed E-state index contributed by atoms with van der Waals surface area (Å²) >= 11 is 1.72. The lowest BCUT2D eigenvalue weighted by Gasteiger charge is -2.08. The zero-order valence-corrected chi connectivity index (χ0v) is 14.1. The number of benzene rings is 2. The van der Waals surface area contributed by atoms with Gasteiger partial charge in [0.2, 0.25) is 0 Å². The van der Waals surface area contributed by atoms with Gasteiger partial charge in [-0.25, -0.2) is 0 Å². The van der Waals surface area contributed by atoms with Crippen molar-refractivity contribution >= 4 is 11.8 Å². The highest BCUT2D eigenvalue weighted by Crippen LogP contribution is 2.30. The number of hydrogen-bond acceptors (Lipinski definition) is 4. The van der Waals surface area contributed by atoms with Gasteiger partial charge < -0.3 is 9.30 Å². The minimum absolute atomic E-state index is 0.809. The van der Waals surface area contributed by atoms with E-state index in [1.165, 1.54) is 5.56 Å². The van der Waals surface area contributed by atoms with Crippen LogP contribution in [0.1, 0.15) is 5.56 Å². The molecule has 1 aromatic heterocycles. The van der Waals surface area contributed by atoms with Gasteiger partial charge in [-0.15, -0.1) is 10.2 Å². The first kappa shape index (κ1) is 15.6. The summed E-state index contributed by atoms with van der Waals surface area (Å²) in [6.45, 7) is 0. The van der Waals surface area contributed by atoms with E-state index in [-0.39, 0.29) is 0 Å². The average molecular weight is 325 g/mol. The number of thioether (sulfide) groups is 1. The summed E-state index contributed by atoms with van der Waals surface area (Å²) in [5.41, 5.74) is 2.30. The number of rotatable bonds is 6. The van der Waals surface area contributed by atoms with Crippen LogP contribution in [0.5, 0.6) is 5.75 Å². The van der Waals surface area contributed by atoms with Crippen molar-refractivity contribution in [3.05, 3.63) is 60.2 Å². The predicted octanol–water partition coefficient (Wildman–Crippen LogP) is 3.83. The SMILES string of the molecule is COc1ccccc1-c1nnc(SCCc2ccccc2)n1C. The van der Waals surface area contributed by atoms with Crippen LogP contribution in [0.15, 0.2) is 59.8 Å². The molecule has 0 unspecified atom stereocenters. The lowest BCUT2D eigenvalue weighted by Crippen LogP contribution is -1.98. The number of aromatic nitrogens is 3. The fourth-order valence-corrected chi connectivity index (χ4v) is 3.31. The van der Waals surface area contributed by atoms with Crippen LogP contribution in [0.2, 0.25) is 0 Å². The largest absolute Gasteiger partial charge is 0.496 e. The summed E-state index contributed by atoms with van der Waals surface area (Å²) < 4.78 is 7.44. The van der Waals surface area contributed by atoms with Gasteiger partial charge in [-0.1, -0.05) is 54.2 Å². The first-order valence-corrected chi connectivity index (χ1v) is 8.47. The molecule has 0 aliphatic heterocycles. The van der Waals surface area contributed by atoms with Crippen LogP contribution in [0, 0.1) is 0 Å². The minimum atomic E-state index is 0.809. The van der Waals surface area contributed by atoms with Crippen molar-refractivity contribution in [2.45, 2.75) is 11.6 Å². The van der Waals surface area contributed by atoms with Crippen molar-refractivity contribution in [1.29, 1.82) is 0 Å². The smallest absolute Gasteiger partial charge is 0.191 e. The molecule has 118 valence electrons. The van der Waals surface area contributed by atoms with Crippen LogP contribution in [0.3, 0.4) is 0 Å². The molecule has 23 heavy (non-hydrogen) atoms. The number of ether oxygens (including phenoxy) is 1. The Hall–Kier alpha value is -2.27. The normalized spacial score (nSPS) is 10.7. The molecule has 0 atom stereocenters. The summed E-state index contributed by atoms with van der Waals surface area (Å²) in [6.07, 6.45) is 1.02. The second kappa shape index (κ2) is 7.33. The first-order valence-electron chi connectivity index (χ1n) is 7.49. The van der Waals surface area contributed by atoms with E-state index in [4.69, 9.17) is 4.74 Å². The minimum Gasteiger partial charge on any atom is -0.496 e. The average Bonchev–Trinajstić information content (AvgIpc) is 2.96. The zero-order valence-electron chi connectivity index (χ0n) is 13.3. The van der Waals surface area contributed by atoms with Crippen LogP contribution in [-0.2, 0) is 13.5 Å². The van der Waals surface area contributed by atoms with E-state index < -0.39 is 0 Å². The predicted molar refractivity (Wildman–Crippen MR) is 93.9 cm³/mol. The molecule has 0 spiro atoms. The molecular weight excluding hydrogens is 306 g/mol. The summed E-state index contributed by atoms with van der Waals surface area (Å²) in [7, 11) is 3.66. The molecule has 0 aliphatic carbocycles. The van der Waals surface area contributed by atoms with Gasteiger partial charge in [0, 0.05) is 12.8 Å². The summed E-state index contributed by atoms with van der Waals surface area (Å²) in [6, 6.07) is 18.4. The third kappa shape index (κ3) is 3.56. The Labute approximate surface area is 140 Å². The van der Waals surface area contributed by atoms with Crippen molar-refractivity contribution in [2.75, 3.05) is 12.9 Å². The molecule has 0 N–H and O–H groups in total. The second-order valence-corrected chi connectivity index (χ2v) is 6.21. The van der Waals surface area contributed by atoms with Crippen molar-refractivity contribution in [3.63, 3.8) is 0 Å². The second-order valence-electron chi connectivity index (χ2n) is 5.15. The van der Waals surface area contributed by atoms with E-state index in [0.29, 0.717) is 0 Å². The maximum absolute atomic E-state index is 5.42. The van der Waals surface area contributed by atoms with Gasteiger partial charge in [0.25, 0.3) is 0 Å². The van der Waals surface area contributed by atoms with Crippen molar-refractivity contribution in [2.24, 2.45) is 7.05 Å². The van der Waals surface area contributed by atoms with E-state index in [2.05, 4.69) is 34.5 Å². The zero-order chi connectivity index (χ0) is 16.1. The Bertz CT molecular complexity index is 771. The highest BCUT2D eigenvalue weighted by molar-refractivity contribution is 7.99. The van der Waals surface area contributed by atoms with Gasteiger partial charge in [-0.05, 0) is 24.1 Å². The number of nitrogens with zero attached hydrogens (tertiary/aromatic N) is 3. The monoisotopic (exact) mass is 325 g/mol. The Morgan fingerprint density at radius 2 is 1.74 bits per heavy atom. The van der Waals surface area contributed by atoms with Crippen LogP contribution in [-0.4, -0.2) is 27.6 Å². The molecule has 3 rings (SSSR count). The molecule has 2 aromatic carbocycles. The van der Waals surface area contributed by atoms with Crippen LogP contribution in [0.4, 0.5) is 0 Å². The van der Waals surface area contributed by atoms with E-state index in [1.807, 2.05) is 41.9 Å². The molecule has 0 radical (unpaired) electrons. The lowest BCUT2D eigenvalue weighted by molar-refractivity contribution is 0.416. The molecule has 5 heteroatoms. The molecule has 0 saturated carbocycles. The van der Waals surface area contributed by atoms with Gasteiger partial charge in [0.05, 0.1) is 12.7 Å². The Morgan fingerprint density at radius 3 is 2.52 bits per heavy atom. The number of methoxy groups -OCH3 is 1. The molecule has 4 nitrogen and oxygen atoms in total. The summed E-state index contributed by atoms with van der Waals surface area (Å²) in [4.78, 5) is 0. The van der Waals surface area contributed by atoms with Crippen LogP contribution in [0.25, 0.3) is 11.4 Å². The van der Waals surface area contributed by atoms with Crippen molar-refractivity contribution < 1.29 is 4.74 Å². The summed E-state index contributed by atoms with van der Waals surface area (Å²) in [5, 5.41) is 9.57. The Morgan fingerprint density at radius 1 is 1.00 bits per heavy atom. The van der Waals surface area contributed by atoms with Crippen LogP contribution >= 0.6 is 11.8 Å². The highest BCUT2D eigenvalue weighted by atomic mass is 32.2. The van der Waals surface area contributed by atoms with Gasteiger partial charge in [-0.2, -0.15) is 0 Å². The van der Waals surface area contributed by atoms with Crippen molar-refractivity contribution in [3.8, 4) is 17.1 Å². The third-order valence-electron chi connectivity index (χ3n) is 3.65. The van der Waals surface area contributed by atoms with E-state index in [9.17, 15) is 0 Å². The number of para-hydroxylation sites is 1. The first-order chi connectivity index (χ1) is 11.3. The molecular formula is C18H19N3OS. The Kier molecular flexibility index (Phi) is 4.98. The molecule has 0 saturated heterocycles. The summed E-state index contributed by atoms with van der Waals surface area (Å²) in [5.74, 6) is 2.61. The Balaban J connectivity index is 1.72. The van der Waals surface area contributed by atoms with E-state index in [1.54, 1.807) is 18.9 Å². The lowest BCUT2D eigenvalue weighted by atomic mass is 10.2. The van der Waals surface area contributed by atoms with Gasteiger partial charge in [0.1, 0.15) is 5.75 Å². The highest BCUT2D eigenvalue weighted by Gasteiger charge is 2.14. The topological polar surface area (TPSA) is 39.9 Å². The maximum Gasteiger partial charge on any atom is 0.191 e. The number of hydrogen-bond donors (Lipinski definition) is 0. The number of aryl methyl sites for hydroxylation is 1. The molecule has 0 aliphatic rings. The molecule has 1 heterocycles. The van der Waals surface area contributed by atoms with Gasteiger partial charge in [-0.3, -0.25) is 0 Å².